The molecule has 1 N–H and O–H groups in total. The molecule has 122 valence electrons. The van der Waals surface area contributed by atoms with Crippen molar-refractivity contribution in [2.24, 2.45) is 0 Å². The zero-order valence-corrected chi connectivity index (χ0v) is 12.7. The minimum atomic E-state index is -1.53. The van der Waals surface area contributed by atoms with E-state index in [0.717, 1.165) is 17.8 Å². The van der Waals surface area contributed by atoms with Gasteiger partial charge < -0.3 is 10.2 Å². The lowest BCUT2D eigenvalue weighted by molar-refractivity contribution is -0.118. The number of rotatable bonds is 6. The number of carbonyl (C=O) groups is 1. The van der Waals surface area contributed by atoms with E-state index in [-0.39, 0.29) is 24.6 Å². The third-order valence-corrected chi connectivity index (χ3v) is 3.37. The van der Waals surface area contributed by atoms with Gasteiger partial charge in [-0.1, -0.05) is 18.2 Å². The Kier molecular flexibility index (Phi) is 5.62. The van der Waals surface area contributed by atoms with Crippen molar-refractivity contribution in [3.8, 4) is 0 Å². The van der Waals surface area contributed by atoms with Crippen LogP contribution in [0.3, 0.4) is 0 Å². The third kappa shape index (κ3) is 4.03. The first-order valence-corrected chi connectivity index (χ1v) is 7.27. The van der Waals surface area contributed by atoms with E-state index in [1.165, 1.54) is 0 Å². The van der Waals surface area contributed by atoms with Crippen molar-refractivity contribution < 1.29 is 18.0 Å². The lowest BCUT2D eigenvalue weighted by atomic mass is 10.2. The van der Waals surface area contributed by atoms with Crippen LogP contribution in [0.5, 0.6) is 0 Å². The van der Waals surface area contributed by atoms with Gasteiger partial charge in [0.05, 0.1) is 5.69 Å². The van der Waals surface area contributed by atoms with E-state index < -0.39 is 17.5 Å². The number of carbonyl (C=O) groups excluding carboxylic acids is 1. The summed E-state index contributed by atoms with van der Waals surface area (Å²) in [5, 5.41) is 2.61. The van der Waals surface area contributed by atoms with Crippen LogP contribution in [0.4, 0.5) is 24.5 Å². The Morgan fingerprint density at radius 3 is 2.39 bits per heavy atom. The van der Waals surface area contributed by atoms with Gasteiger partial charge in [-0.25, -0.2) is 13.2 Å². The van der Waals surface area contributed by atoms with E-state index in [0.29, 0.717) is 6.54 Å². The molecule has 0 fully saturated rings. The van der Waals surface area contributed by atoms with Crippen LogP contribution < -0.4 is 10.2 Å². The van der Waals surface area contributed by atoms with Gasteiger partial charge in [0, 0.05) is 25.2 Å². The molecule has 2 aromatic carbocycles. The van der Waals surface area contributed by atoms with Gasteiger partial charge in [0.25, 0.3) is 0 Å². The van der Waals surface area contributed by atoms with E-state index in [9.17, 15) is 18.0 Å². The topological polar surface area (TPSA) is 32.3 Å². The molecule has 2 rings (SSSR count). The Morgan fingerprint density at radius 1 is 1.04 bits per heavy atom. The van der Waals surface area contributed by atoms with Gasteiger partial charge in [0.1, 0.15) is 0 Å². The normalized spacial score (nSPS) is 10.4. The quantitative estimate of drug-likeness (QED) is 0.817. The van der Waals surface area contributed by atoms with Crippen LogP contribution in [0, 0.1) is 17.5 Å². The smallest absolute Gasteiger partial charge is 0.228 e. The van der Waals surface area contributed by atoms with Gasteiger partial charge in [0.2, 0.25) is 5.91 Å². The Hall–Kier alpha value is -2.50. The first-order chi connectivity index (χ1) is 11.0. The van der Waals surface area contributed by atoms with E-state index in [2.05, 4.69) is 5.32 Å². The SMILES string of the molecule is CCN(C(=O)CCNc1ccc(F)c(F)c1F)c1ccccc1. The second-order valence-corrected chi connectivity index (χ2v) is 4.87. The highest BCUT2D eigenvalue weighted by atomic mass is 19.2. The number of benzene rings is 2. The Labute approximate surface area is 132 Å². The summed E-state index contributed by atoms with van der Waals surface area (Å²) in [5.41, 5.74) is 0.610. The van der Waals surface area contributed by atoms with Gasteiger partial charge in [0.15, 0.2) is 17.5 Å². The first-order valence-electron chi connectivity index (χ1n) is 7.27. The molecule has 0 saturated carbocycles. The fraction of sp³-hybridized carbons (Fsp3) is 0.235. The molecule has 0 heterocycles. The summed E-state index contributed by atoms with van der Waals surface area (Å²) in [6.45, 7) is 2.47. The number of nitrogens with zero attached hydrogens (tertiary/aromatic N) is 1. The summed E-state index contributed by atoms with van der Waals surface area (Å²) in [6, 6.07) is 11.1. The second-order valence-electron chi connectivity index (χ2n) is 4.87. The van der Waals surface area contributed by atoms with Crippen molar-refractivity contribution >= 4 is 17.3 Å². The molecule has 0 radical (unpaired) electrons. The number of hydrogen-bond donors (Lipinski definition) is 1. The van der Waals surface area contributed by atoms with Crippen LogP contribution in [0.1, 0.15) is 13.3 Å². The number of halogens is 3. The predicted octanol–water partition coefficient (Wildman–Crippen LogP) is 3.96. The molecule has 0 aliphatic carbocycles. The summed E-state index contributed by atoms with van der Waals surface area (Å²) in [6.07, 6.45) is 0.0984. The van der Waals surface area contributed by atoms with Crippen molar-refractivity contribution in [2.75, 3.05) is 23.3 Å². The Balaban J connectivity index is 1.95. The molecule has 0 atom stereocenters. The van der Waals surface area contributed by atoms with Gasteiger partial charge in [-0.05, 0) is 31.2 Å². The van der Waals surface area contributed by atoms with Crippen molar-refractivity contribution in [2.45, 2.75) is 13.3 Å². The molecular formula is C17H17F3N2O. The lowest BCUT2D eigenvalue weighted by Gasteiger charge is -2.21. The average molecular weight is 322 g/mol. The zero-order valence-electron chi connectivity index (χ0n) is 12.7. The van der Waals surface area contributed by atoms with Gasteiger partial charge in [-0.3, -0.25) is 4.79 Å². The molecule has 0 aromatic heterocycles. The Bertz CT molecular complexity index is 677. The van der Waals surface area contributed by atoms with E-state index in [1.54, 1.807) is 4.90 Å². The van der Waals surface area contributed by atoms with Crippen molar-refractivity contribution in [3.05, 3.63) is 59.9 Å². The highest BCUT2D eigenvalue weighted by molar-refractivity contribution is 5.93. The average Bonchev–Trinajstić information content (AvgIpc) is 2.56. The van der Waals surface area contributed by atoms with Crippen LogP contribution in [0.15, 0.2) is 42.5 Å². The molecule has 0 aliphatic rings. The Morgan fingerprint density at radius 2 is 1.74 bits per heavy atom. The highest BCUT2D eigenvalue weighted by Crippen LogP contribution is 2.20. The largest absolute Gasteiger partial charge is 0.382 e. The first kappa shape index (κ1) is 16.9. The lowest BCUT2D eigenvalue weighted by Crippen LogP contribution is -2.31. The van der Waals surface area contributed by atoms with Crippen molar-refractivity contribution in [3.63, 3.8) is 0 Å². The third-order valence-electron chi connectivity index (χ3n) is 3.37. The standard InChI is InChI=1S/C17H17F3N2O/c1-2-22(12-6-4-3-5-7-12)15(23)10-11-21-14-9-8-13(18)16(19)17(14)20/h3-9,21H,2,10-11H2,1H3. The molecule has 0 unspecified atom stereocenters. The molecule has 23 heavy (non-hydrogen) atoms. The maximum absolute atomic E-state index is 13.5. The number of hydrogen-bond acceptors (Lipinski definition) is 2. The van der Waals surface area contributed by atoms with Crippen molar-refractivity contribution in [1.29, 1.82) is 0 Å². The van der Waals surface area contributed by atoms with E-state index >= 15 is 0 Å². The summed E-state index contributed by atoms with van der Waals surface area (Å²) in [5.74, 6) is -4.20. The second kappa shape index (κ2) is 7.67. The summed E-state index contributed by atoms with van der Waals surface area (Å²) >= 11 is 0. The van der Waals surface area contributed by atoms with E-state index in [4.69, 9.17) is 0 Å². The monoisotopic (exact) mass is 322 g/mol. The minimum Gasteiger partial charge on any atom is -0.382 e. The zero-order chi connectivity index (χ0) is 16.8. The molecule has 6 heteroatoms. The number of nitrogens with one attached hydrogen (secondary N) is 1. The molecule has 2 aromatic rings. The molecule has 0 saturated heterocycles. The van der Waals surface area contributed by atoms with Crippen LogP contribution in [-0.4, -0.2) is 19.0 Å². The molecule has 3 nitrogen and oxygen atoms in total. The van der Waals surface area contributed by atoms with Gasteiger partial charge >= 0.3 is 0 Å². The minimum absolute atomic E-state index is 0.0984. The van der Waals surface area contributed by atoms with Crippen molar-refractivity contribution in [1.82, 2.24) is 0 Å². The fourth-order valence-corrected chi connectivity index (χ4v) is 2.21. The summed E-state index contributed by atoms with van der Waals surface area (Å²) in [4.78, 5) is 13.8. The van der Waals surface area contributed by atoms with Gasteiger partial charge in [-0.2, -0.15) is 0 Å². The van der Waals surface area contributed by atoms with Crippen LogP contribution in [0.25, 0.3) is 0 Å². The molecule has 0 spiro atoms. The fourth-order valence-electron chi connectivity index (χ4n) is 2.21. The maximum Gasteiger partial charge on any atom is 0.228 e. The summed E-state index contributed by atoms with van der Waals surface area (Å²) in [7, 11) is 0. The van der Waals surface area contributed by atoms with Crippen LogP contribution >= 0.6 is 0 Å². The van der Waals surface area contributed by atoms with Gasteiger partial charge in [-0.15, -0.1) is 0 Å². The number of anilines is 2. The molecule has 0 aliphatic heterocycles. The highest BCUT2D eigenvalue weighted by Gasteiger charge is 2.15. The molecule has 0 bridgehead atoms. The van der Waals surface area contributed by atoms with E-state index in [1.807, 2.05) is 37.3 Å². The van der Waals surface area contributed by atoms with Crippen LogP contribution in [-0.2, 0) is 4.79 Å². The molecule has 1 amide bonds. The number of para-hydroxylation sites is 1. The maximum atomic E-state index is 13.5. The number of amides is 1. The summed E-state index contributed by atoms with van der Waals surface area (Å²) < 4.78 is 39.5. The van der Waals surface area contributed by atoms with Crippen LogP contribution in [0.2, 0.25) is 0 Å². The molecular weight excluding hydrogens is 305 g/mol. The predicted molar refractivity (Wildman–Crippen MR) is 83.9 cm³/mol.